The molecule has 4 heteroatoms. The number of carbonyl (C=O) groups excluding carboxylic acids is 2. The average Bonchev–Trinajstić information content (AvgIpc) is 2.62. The summed E-state index contributed by atoms with van der Waals surface area (Å²) in [6.07, 6.45) is 4.04. The second kappa shape index (κ2) is 5.35. The molecular weight excluding hydrogens is 202 g/mol. The Kier molecular flexibility index (Phi) is 4.39. The summed E-state index contributed by atoms with van der Waals surface area (Å²) in [5.41, 5.74) is 0. The molecule has 3 nitrogen and oxygen atoms in total. The van der Waals surface area contributed by atoms with E-state index in [2.05, 4.69) is 0 Å². The van der Waals surface area contributed by atoms with E-state index >= 15 is 0 Å². The van der Waals surface area contributed by atoms with Gasteiger partial charge in [-0.05, 0) is 30.9 Å². The summed E-state index contributed by atoms with van der Waals surface area (Å²) < 4.78 is 0. The van der Waals surface area contributed by atoms with Crippen molar-refractivity contribution in [2.24, 2.45) is 0 Å². The molecule has 0 N–H and O–H groups in total. The van der Waals surface area contributed by atoms with Gasteiger partial charge in [0.2, 0.25) is 11.1 Å². The summed E-state index contributed by atoms with van der Waals surface area (Å²) in [4.78, 5) is 24.3. The SMILES string of the molecule is CCCCC(=O)N1CCCC1C(=O)Cl. The number of hydrogen-bond acceptors (Lipinski definition) is 2. The number of unbranched alkanes of at least 4 members (excludes halogenated alkanes) is 1. The van der Waals surface area contributed by atoms with Crippen LogP contribution in [0.5, 0.6) is 0 Å². The first kappa shape index (κ1) is 11.5. The molecule has 1 aliphatic rings. The summed E-state index contributed by atoms with van der Waals surface area (Å²) in [5.74, 6) is 0.0725. The largest absolute Gasteiger partial charge is 0.331 e. The lowest BCUT2D eigenvalue weighted by Crippen LogP contribution is -2.38. The molecule has 1 unspecified atom stereocenters. The predicted molar refractivity (Wildman–Crippen MR) is 55.1 cm³/mol. The zero-order valence-electron chi connectivity index (χ0n) is 8.46. The minimum atomic E-state index is -0.396. The van der Waals surface area contributed by atoms with Gasteiger partial charge in [-0.3, -0.25) is 9.59 Å². The zero-order chi connectivity index (χ0) is 10.6. The van der Waals surface area contributed by atoms with Crippen molar-refractivity contribution in [3.63, 3.8) is 0 Å². The Morgan fingerprint density at radius 2 is 2.21 bits per heavy atom. The molecule has 1 heterocycles. The van der Waals surface area contributed by atoms with Crippen molar-refractivity contribution < 1.29 is 9.59 Å². The van der Waals surface area contributed by atoms with Crippen molar-refractivity contribution in [3.05, 3.63) is 0 Å². The predicted octanol–water partition coefficient (Wildman–Crippen LogP) is 1.93. The first-order valence-electron chi connectivity index (χ1n) is 5.15. The fourth-order valence-electron chi connectivity index (χ4n) is 1.77. The van der Waals surface area contributed by atoms with Crippen LogP contribution < -0.4 is 0 Å². The Morgan fingerprint density at radius 1 is 1.50 bits per heavy atom. The number of carbonyl (C=O) groups is 2. The van der Waals surface area contributed by atoms with E-state index in [-0.39, 0.29) is 11.9 Å². The monoisotopic (exact) mass is 217 g/mol. The summed E-state index contributed by atoms with van der Waals surface area (Å²) >= 11 is 5.42. The number of rotatable bonds is 4. The van der Waals surface area contributed by atoms with E-state index in [1.165, 1.54) is 0 Å². The van der Waals surface area contributed by atoms with Gasteiger partial charge in [0.25, 0.3) is 0 Å². The van der Waals surface area contributed by atoms with Crippen LogP contribution in [-0.4, -0.2) is 28.6 Å². The number of likely N-dealkylation sites (tertiary alicyclic amines) is 1. The van der Waals surface area contributed by atoms with E-state index in [4.69, 9.17) is 11.6 Å². The van der Waals surface area contributed by atoms with Crippen molar-refractivity contribution >= 4 is 22.8 Å². The third-order valence-corrected chi connectivity index (χ3v) is 2.83. The van der Waals surface area contributed by atoms with E-state index in [0.717, 1.165) is 25.7 Å². The Hall–Kier alpha value is -0.570. The lowest BCUT2D eigenvalue weighted by atomic mass is 10.2. The Balaban J connectivity index is 2.49. The van der Waals surface area contributed by atoms with Gasteiger partial charge in [0.1, 0.15) is 6.04 Å². The fourth-order valence-corrected chi connectivity index (χ4v) is 2.00. The van der Waals surface area contributed by atoms with Crippen LogP contribution in [-0.2, 0) is 9.59 Å². The molecule has 1 atom stereocenters. The highest BCUT2D eigenvalue weighted by Crippen LogP contribution is 2.20. The highest BCUT2D eigenvalue weighted by Gasteiger charge is 2.32. The first-order valence-corrected chi connectivity index (χ1v) is 5.53. The van der Waals surface area contributed by atoms with Crippen LogP contribution in [0.2, 0.25) is 0 Å². The molecule has 0 radical (unpaired) electrons. The molecule has 1 amide bonds. The van der Waals surface area contributed by atoms with Crippen LogP contribution in [0.1, 0.15) is 39.0 Å². The van der Waals surface area contributed by atoms with Crippen LogP contribution in [0.3, 0.4) is 0 Å². The lowest BCUT2D eigenvalue weighted by Gasteiger charge is -2.21. The van der Waals surface area contributed by atoms with Gasteiger partial charge in [-0.25, -0.2) is 0 Å². The maximum absolute atomic E-state index is 11.6. The number of nitrogens with zero attached hydrogens (tertiary/aromatic N) is 1. The third kappa shape index (κ3) is 2.71. The van der Waals surface area contributed by atoms with Crippen LogP contribution in [0.15, 0.2) is 0 Å². The molecule has 0 aromatic carbocycles. The van der Waals surface area contributed by atoms with E-state index in [9.17, 15) is 9.59 Å². The number of halogens is 1. The van der Waals surface area contributed by atoms with E-state index in [0.29, 0.717) is 13.0 Å². The molecule has 0 aliphatic carbocycles. The summed E-state index contributed by atoms with van der Waals surface area (Å²) in [6.45, 7) is 2.73. The van der Waals surface area contributed by atoms with Crippen molar-refractivity contribution in [2.75, 3.05) is 6.54 Å². The third-order valence-electron chi connectivity index (χ3n) is 2.58. The van der Waals surface area contributed by atoms with Crippen molar-refractivity contribution in [3.8, 4) is 0 Å². The highest BCUT2D eigenvalue weighted by atomic mass is 35.5. The van der Waals surface area contributed by atoms with Crippen LogP contribution in [0, 0.1) is 0 Å². The Labute approximate surface area is 89.4 Å². The fraction of sp³-hybridized carbons (Fsp3) is 0.800. The molecule has 1 saturated heterocycles. The van der Waals surface area contributed by atoms with Gasteiger partial charge in [-0.2, -0.15) is 0 Å². The van der Waals surface area contributed by atoms with Gasteiger partial charge >= 0.3 is 0 Å². The molecule has 0 aromatic heterocycles. The van der Waals surface area contributed by atoms with Gasteiger partial charge in [0.15, 0.2) is 0 Å². The smallest absolute Gasteiger partial charge is 0.244 e. The molecule has 1 fully saturated rings. The van der Waals surface area contributed by atoms with Gasteiger partial charge in [0, 0.05) is 13.0 Å². The second-order valence-corrected chi connectivity index (χ2v) is 4.03. The number of amides is 1. The molecule has 0 saturated carbocycles. The van der Waals surface area contributed by atoms with Gasteiger partial charge in [-0.1, -0.05) is 13.3 Å². The minimum absolute atomic E-state index is 0.0725. The lowest BCUT2D eigenvalue weighted by molar-refractivity contribution is -0.135. The van der Waals surface area contributed by atoms with Crippen molar-refractivity contribution in [2.45, 2.75) is 45.1 Å². The topological polar surface area (TPSA) is 37.4 Å². The molecule has 0 aromatic rings. The molecule has 1 rings (SSSR count). The van der Waals surface area contributed by atoms with E-state index in [1.807, 2.05) is 6.92 Å². The van der Waals surface area contributed by atoms with Gasteiger partial charge in [-0.15, -0.1) is 0 Å². The molecule has 14 heavy (non-hydrogen) atoms. The maximum Gasteiger partial charge on any atom is 0.244 e. The van der Waals surface area contributed by atoms with Crippen LogP contribution in [0.25, 0.3) is 0 Å². The van der Waals surface area contributed by atoms with Crippen LogP contribution in [0.4, 0.5) is 0 Å². The Bertz CT molecular complexity index is 230. The molecule has 0 bridgehead atoms. The summed E-state index contributed by atoms with van der Waals surface area (Å²) in [6, 6.07) is -0.360. The van der Waals surface area contributed by atoms with E-state index < -0.39 is 5.24 Å². The second-order valence-electron chi connectivity index (χ2n) is 3.65. The zero-order valence-corrected chi connectivity index (χ0v) is 9.22. The quantitative estimate of drug-likeness (QED) is 0.675. The molecular formula is C10H16ClNO2. The standard InChI is InChI=1S/C10H16ClNO2/c1-2-3-6-9(13)12-7-4-5-8(12)10(11)14/h8H,2-7H2,1H3. The maximum atomic E-state index is 11.6. The normalized spacial score (nSPS) is 21.3. The minimum Gasteiger partial charge on any atom is -0.331 e. The molecule has 80 valence electrons. The highest BCUT2D eigenvalue weighted by molar-refractivity contribution is 6.64. The summed E-state index contributed by atoms with van der Waals surface area (Å²) in [7, 11) is 0. The van der Waals surface area contributed by atoms with Crippen molar-refractivity contribution in [1.82, 2.24) is 4.90 Å². The summed E-state index contributed by atoms with van der Waals surface area (Å²) in [5, 5.41) is -0.396. The Morgan fingerprint density at radius 3 is 2.79 bits per heavy atom. The number of hydrogen-bond donors (Lipinski definition) is 0. The van der Waals surface area contributed by atoms with Crippen molar-refractivity contribution in [1.29, 1.82) is 0 Å². The van der Waals surface area contributed by atoms with Gasteiger partial charge in [0.05, 0.1) is 0 Å². The molecule has 1 aliphatic heterocycles. The van der Waals surface area contributed by atoms with E-state index in [1.54, 1.807) is 4.90 Å². The van der Waals surface area contributed by atoms with Gasteiger partial charge < -0.3 is 4.90 Å². The average molecular weight is 218 g/mol. The molecule has 0 spiro atoms. The first-order chi connectivity index (χ1) is 6.66. The van der Waals surface area contributed by atoms with Crippen LogP contribution >= 0.6 is 11.6 Å².